The number of hydrogen-bond donors (Lipinski definition) is 0. The smallest absolute Gasteiger partial charge is 0.330 e. The quantitative estimate of drug-likeness (QED) is 0.0298. The molecule has 84 heavy (non-hydrogen) atoms. The number of rotatable bonds is 31. The molecule has 4 rings (SSSR count). The summed E-state index contributed by atoms with van der Waals surface area (Å²) < 4.78 is 91.7. The van der Waals surface area contributed by atoms with Gasteiger partial charge in [0.2, 0.25) is 0 Å². The highest BCUT2D eigenvalue weighted by Gasteiger charge is 2.52. The van der Waals surface area contributed by atoms with E-state index < -0.39 is 148 Å². The number of carbonyl (C=O) groups excluding carboxylic acids is 8. The molecule has 0 aliphatic carbocycles. The van der Waals surface area contributed by atoms with E-state index >= 15 is 0 Å². The summed E-state index contributed by atoms with van der Waals surface area (Å²) in [4.78, 5) is 110. The van der Waals surface area contributed by atoms with E-state index in [1.54, 1.807) is 83.1 Å². The number of hydrogen-bond acceptors (Lipinski definition) is 24. The minimum Gasteiger partial charge on any atom is -0.465 e. The highest BCUT2D eigenvalue weighted by Crippen LogP contribution is 2.37. The molecule has 0 N–H and O–H groups in total. The first kappa shape index (κ1) is 71.7. The molecule has 4 heterocycles. The van der Waals surface area contributed by atoms with Gasteiger partial charge in [0.15, 0.2) is 23.1 Å². The van der Waals surface area contributed by atoms with Crippen LogP contribution in [0.5, 0.6) is 0 Å². The fourth-order valence-electron chi connectivity index (χ4n) is 8.18. The van der Waals surface area contributed by atoms with Crippen molar-refractivity contribution in [2.45, 2.75) is 178 Å². The first-order valence-corrected chi connectivity index (χ1v) is 28.9. The molecule has 24 heteroatoms. The standard InChI is InChI=1S/C60H96O24/c1-17-42(61)69-26-24-22-20-18-19-21-23-25-27-70-43(62)54(10,28-71-44(63)55(11,30-73-46(65)57(13)34-77-50(2,3)78-35-57)31-74-47(66)58(14)36-79-51(4,5)80-37-58)29-72-45(64)56(12,32-75-48(67)59(15)38-81-52(6,7)82-39-59)33-76-49(68)60(16)40-83-53(8,9)84-41-60/h17H,1,18-41H2,2-16H3. The zero-order valence-electron chi connectivity index (χ0n) is 52.6. The number of ether oxygens (including phenoxy) is 16. The van der Waals surface area contributed by atoms with E-state index in [2.05, 4.69) is 6.58 Å². The maximum atomic E-state index is 14.6. The Morgan fingerprint density at radius 2 is 0.536 bits per heavy atom. The van der Waals surface area contributed by atoms with Crippen molar-refractivity contribution < 1.29 is 114 Å². The molecule has 0 unspecified atom stereocenters. The lowest BCUT2D eigenvalue weighted by Gasteiger charge is -2.41. The maximum absolute atomic E-state index is 14.6. The Balaban J connectivity index is 1.58. The molecule has 0 atom stereocenters. The van der Waals surface area contributed by atoms with Crippen LogP contribution < -0.4 is 0 Å². The van der Waals surface area contributed by atoms with E-state index in [0.717, 1.165) is 44.6 Å². The summed E-state index contributed by atoms with van der Waals surface area (Å²) in [5.74, 6) is -10.6. The van der Waals surface area contributed by atoms with Gasteiger partial charge in [-0.3, -0.25) is 33.6 Å². The Bertz CT molecular complexity index is 2030. The number of carbonyl (C=O) groups is 8. The molecule has 0 aromatic rings. The molecule has 4 saturated heterocycles. The van der Waals surface area contributed by atoms with Crippen LogP contribution in [-0.4, -0.2) is 177 Å². The van der Waals surface area contributed by atoms with Crippen molar-refractivity contribution in [3.8, 4) is 0 Å². The average molecular weight is 1200 g/mol. The summed E-state index contributed by atoms with van der Waals surface area (Å²) in [6, 6.07) is 0. The molecule has 0 amide bonds. The monoisotopic (exact) mass is 1200 g/mol. The fourth-order valence-corrected chi connectivity index (χ4v) is 8.18. The van der Waals surface area contributed by atoms with E-state index in [0.29, 0.717) is 19.4 Å². The lowest BCUT2D eigenvalue weighted by molar-refractivity contribution is -0.283. The highest BCUT2D eigenvalue weighted by atomic mass is 16.7. The normalized spacial score (nSPS) is 21.0. The predicted octanol–water partition coefficient (Wildman–Crippen LogP) is 6.81. The summed E-state index contributed by atoms with van der Waals surface area (Å²) in [6.45, 7) is 22.6. The maximum Gasteiger partial charge on any atom is 0.330 e. The Morgan fingerprint density at radius 3 is 0.774 bits per heavy atom. The van der Waals surface area contributed by atoms with E-state index in [1.165, 1.54) is 20.8 Å². The fraction of sp³-hybridized carbons (Fsp3) is 0.833. The topological polar surface area (TPSA) is 284 Å². The van der Waals surface area contributed by atoms with Gasteiger partial charge >= 0.3 is 47.8 Å². The Morgan fingerprint density at radius 1 is 0.333 bits per heavy atom. The molecular weight excluding hydrogens is 1100 g/mol. The van der Waals surface area contributed by atoms with Crippen molar-refractivity contribution in [1.82, 2.24) is 0 Å². The third-order valence-corrected chi connectivity index (χ3v) is 15.2. The van der Waals surface area contributed by atoms with E-state index in [4.69, 9.17) is 75.8 Å². The second-order valence-corrected chi connectivity index (χ2v) is 26.6. The molecule has 0 spiro atoms. The first-order chi connectivity index (χ1) is 38.8. The lowest BCUT2D eigenvalue weighted by atomic mass is 9.89. The third-order valence-electron chi connectivity index (χ3n) is 15.2. The first-order valence-electron chi connectivity index (χ1n) is 28.9. The summed E-state index contributed by atoms with van der Waals surface area (Å²) in [7, 11) is 0. The van der Waals surface area contributed by atoms with Crippen LogP contribution in [0.25, 0.3) is 0 Å². The van der Waals surface area contributed by atoms with Crippen LogP contribution in [0.1, 0.15) is 155 Å². The van der Waals surface area contributed by atoms with Gasteiger partial charge in [0.05, 0.1) is 66.1 Å². The van der Waals surface area contributed by atoms with Crippen molar-refractivity contribution in [3.63, 3.8) is 0 Å². The largest absolute Gasteiger partial charge is 0.465 e. The van der Waals surface area contributed by atoms with Crippen LogP contribution in [0.4, 0.5) is 0 Å². The Kier molecular flexibility index (Phi) is 25.0. The van der Waals surface area contributed by atoms with Gasteiger partial charge < -0.3 is 75.8 Å². The summed E-state index contributed by atoms with van der Waals surface area (Å²) in [5.41, 5.74) is -11.0. The van der Waals surface area contributed by atoms with Gasteiger partial charge in [-0.25, -0.2) is 4.79 Å². The molecule has 0 bridgehead atoms. The number of unbranched alkanes of at least 4 members (excludes halogenated alkanes) is 7. The van der Waals surface area contributed by atoms with Crippen molar-refractivity contribution in [1.29, 1.82) is 0 Å². The summed E-state index contributed by atoms with van der Waals surface area (Å²) in [5, 5.41) is 0. The lowest BCUT2D eigenvalue weighted by Crippen LogP contribution is -2.52. The highest BCUT2D eigenvalue weighted by molar-refractivity contribution is 5.84. The van der Waals surface area contributed by atoms with Gasteiger partial charge in [-0.1, -0.05) is 45.1 Å². The zero-order valence-corrected chi connectivity index (χ0v) is 52.6. The van der Waals surface area contributed by atoms with Crippen LogP contribution in [-0.2, 0) is 114 Å². The molecule has 0 aromatic heterocycles. The zero-order chi connectivity index (χ0) is 63.1. The molecular formula is C60H96O24. The Hall–Kier alpha value is -4.82. The van der Waals surface area contributed by atoms with Crippen LogP contribution in [0.2, 0.25) is 0 Å². The second-order valence-electron chi connectivity index (χ2n) is 26.6. The summed E-state index contributed by atoms with van der Waals surface area (Å²) in [6.07, 6.45) is 7.54. The van der Waals surface area contributed by atoms with Gasteiger partial charge in [-0.15, -0.1) is 0 Å². The molecule has 0 aromatic carbocycles. The minimum absolute atomic E-state index is 0.0578. The average Bonchev–Trinajstić information content (AvgIpc) is 2.67. The third kappa shape index (κ3) is 21.0. The van der Waals surface area contributed by atoms with Gasteiger partial charge in [-0.2, -0.15) is 0 Å². The molecule has 0 saturated carbocycles. The number of esters is 8. The van der Waals surface area contributed by atoms with Gasteiger partial charge in [0.1, 0.15) is 77.5 Å². The second kappa shape index (κ2) is 29.2. The van der Waals surface area contributed by atoms with E-state index in [9.17, 15) is 38.4 Å². The van der Waals surface area contributed by atoms with Gasteiger partial charge in [0.25, 0.3) is 0 Å². The SMILES string of the molecule is C=CC(=O)OCCCCCCCCCCOC(=O)C(C)(COC(=O)C(C)(COC(=O)C1(C)COC(C)(C)OC1)COC(=O)C1(C)COC(C)(C)OC1)COC(=O)C(C)(COC(=O)C1(C)COC(C)(C)OC1)COC(=O)C1(C)COC(C)(C)OC1. The predicted molar refractivity (Wildman–Crippen MR) is 295 cm³/mol. The molecule has 24 nitrogen and oxygen atoms in total. The van der Waals surface area contributed by atoms with Crippen LogP contribution in [0.15, 0.2) is 12.7 Å². The van der Waals surface area contributed by atoms with Crippen molar-refractivity contribution in [2.75, 3.05) is 106 Å². The van der Waals surface area contributed by atoms with Gasteiger partial charge in [-0.05, 0) is 117 Å². The van der Waals surface area contributed by atoms with Crippen LogP contribution in [0.3, 0.4) is 0 Å². The molecule has 4 aliphatic rings. The molecule has 480 valence electrons. The Labute approximate surface area is 495 Å². The van der Waals surface area contributed by atoms with Crippen molar-refractivity contribution in [3.05, 3.63) is 12.7 Å². The van der Waals surface area contributed by atoms with Crippen LogP contribution in [0, 0.1) is 37.9 Å². The van der Waals surface area contributed by atoms with Crippen LogP contribution >= 0.6 is 0 Å². The summed E-state index contributed by atoms with van der Waals surface area (Å²) >= 11 is 0. The van der Waals surface area contributed by atoms with E-state index in [1.807, 2.05) is 0 Å². The van der Waals surface area contributed by atoms with Crippen molar-refractivity contribution in [2.24, 2.45) is 37.9 Å². The molecule has 0 radical (unpaired) electrons. The molecule has 4 fully saturated rings. The van der Waals surface area contributed by atoms with Crippen molar-refractivity contribution >= 4 is 47.8 Å². The molecule has 4 aliphatic heterocycles. The van der Waals surface area contributed by atoms with E-state index in [-0.39, 0.29) is 59.5 Å². The van der Waals surface area contributed by atoms with Gasteiger partial charge in [0, 0.05) is 6.08 Å². The minimum atomic E-state index is -1.96.